The van der Waals surface area contributed by atoms with E-state index >= 15 is 0 Å². The van der Waals surface area contributed by atoms with Gasteiger partial charge in [-0.3, -0.25) is 0 Å². The predicted molar refractivity (Wildman–Crippen MR) is 72.8 cm³/mol. The van der Waals surface area contributed by atoms with Gasteiger partial charge in [0.15, 0.2) is 0 Å². The van der Waals surface area contributed by atoms with Gasteiger partial charge in [-0.25, -0.2) is 14.6 Å². The van der Waals surface area contributed by atoms with Crippen molar-refractivity contribution >= 4 is 29.0 Å². The van der Waals surface area contributed by atoms with Gasteiger partial charge in [-0.15, -0.1) is 11.3 Å². The van der Waals surface area contributed by atoms with Gasteiger partial charge in [0.1, 0.15) is 11.3 Å². The summed E-state index contributed by atoms with van der Waals surface area (Å²) in [5.74, 6) is -1.90. The molecule has 1 heterocycles. The number of thiazole rings is 1. The molecule has 1 N–H and O–H groups in total. The lowest BCUT2D eigenvalue weighted by Crippen LogP contribution is -2.26. The van der Waals surface area contributed by atoms with Crippen molar-refractivity contribution in [1.29, 1.82) is 0 Å². The van der Waals surface area contributed by atoms with E-state index in [4.69, 9.17) is 14.7 Å². The van der Waals surface area contributed by atoms with E-state index in [1.165, 1.54) is 11.3 Å². The van der Waals surface area contributed by atoms with Gasteiger partial charge in [-0.1, -0.05) is 5.16 Å². The largest absolute Gasteiger partial charge is 0.476 e. The Bertz CT molecular complexity index is 530. The molecule has 0 saturated carbocycles. The number of nitrogens with zero attached hydrogens (tertiary/aromatic N) is 2. The third-order valence-corrected chi connectivity index (χ3v) is 2.60. The minimum Gasteiger partial charge on any atom is -0.476 e. The lowest BCUT2D eigenvalue weighted by atomic mass is 10.2. The smallest absolute Gasteiger partial charge is 0.360 e. The fourth-order valence-corrected chi connectivity index (χ4v) is 1.79. The quantitative estimate of drug-likeness (QED) is 0.504. The van der Waals surface area contributed by atoms with Crippen molar-refractivity contribution in [3.8, 4) is 0 Å². The van der Waals surface area contributed by atoms with Crippen LogP contribution in [0.4, 0.5) is 0 Å². The fraction of sp³-hybridized carbons (Fsp3) is 0.500. The normalized spacial score (nSPS) is 12.1. The highest BCUT2D eigenvalue weighted by Gasteiger charge is 2.19. The zero-order chi connectivity index (χ0) is 15.3. The summed E-state index contributed by atoms with van der Waals surface area (Å²) < 4.78 is 5.00. The van der Waals surface area contributed by atoms with Crippen LogP contribution in [-0.2, 0) is 19.2 Å². The van der Waals surface area contributed by atoms with Crippen LogP contribution in [0.2, 0.25) is 0 Å². The molecule has 7 nitrogen and oxygen atoms in total. The summed E-state index contributed by atoms with van der Waals surface area (Å²) in [6.45, 7) is 6.44. The summed E-state index contributed by atoms with van der Waals surface area (Å²) in [5.41, 5.74) is -0.784. The summed E-state index contributed by atoms with van der Waals surface area (Å²) >= 11 is 1.30. The molecule has 1 rings (SSSR count). The third-order valence-electron chi connectivity index (χ3n) is 1.82. The van der Waals surface area contributed by atoms with Gasteiger partial charge in [0.25, 0.3) is 0 Å². The molecule has 0 bridgehead atoms. The Balaban J connectivity index is 2.66. The second kappa shape index (κ2) is 6.47. The average Bonchev–Trinajstić information content (AvgIpc) is 2.68. The molecule has 0 spiro atoms. The second-order valence-electron chi connectivity index (χ2n) is 4.86. The van der Waals surface area contributed by atoms with Gasteiger partial charge in [0.2, 0.25) is 12.3 Å². The Kier molecular flexibility index (Phi) is 5.20. The maximum Gasteiger partial charge on any atom is 0.360 e. The number of aromatic nitrogens is 1. The van der Waals surface area contributed by atoms with Crippen LogP contribution in [0.25, 0.3) is 0 Å². The molecular formula is C12H16N2O5S. The summed E-state index contributed by atoms with van der Waals surface area (Å²) in [7, 11) is 0. The lowest BCUT2D eigenvalue weighted by molar-refractivity contribution is -0.160. The number of oxime groups is 1. The molecule has 0 atom stereocenters. The first kappa shape index (κ1) is 16.1. The predicted octanol–water partition coefficient (Wildman–Crippen LogP) is 1.60. The highest BCUT2D eigenvalue weighted by atomic mass is 32.1. The molecule has 0 aliphatic carbocycles. The van der Waals surface area contributed by atoms with Crippen molar-refractivity contribution in [2.75, 3.05) is 6.61 Å². The average molecular weight is 300 g/mol. The number of aryl methyl sites for hydroxylation is 1. The van der Waals surface area contributed by atoms with E-state index in [0.29, 0.717) is 5.01 Å². The minimum atomic E-state index is -1.28. The highest BCUT2D eigenvalue weighted by Crippen LogP contribution is 2.10. The van der Waals surface area contributed by atoms with Crippen LogP contribution in [0.1, 0.15) is 31.5 Å². The molecule has 20 heavy (non-hydrogen) atoms. The van der Waals surface area contributed by atoms with Crippen LogP contribution in [0.3, 0.4) is 0 Å². The van der Waals surface area contributed by atoms with Crippen molar-refractivity contribution in [3.05, 3.63) is 16.1 Å². The molecule has 0 saturated heterocycles. The van der Waals surface area contributed by atoms with Gasteiger partial charge in [0, 0.05) is 5.38 Å². The number of carboxylic acids is 1. The van der Waals surface area contributed by atoms with E-state index in [1.54, 1.807) is 33.1 Å². The number of carboxylic acid groups (broad SMARTS) is 1. The molecule has 8 heteroatoms. The van der Waals surface area contributed by atoms with Crippen LogP contribution in [-0.4, -0.2) is 39.9 Å². The topological polar surface area (TPSA) is 98.1 Å². The Morgan fingerprint density at radius 2 is 2.10 bits per heavy atom. The van der Waals surface area contributed by atoms with Gasteiger partial charge in [0.05, 0.1) is 5.01 Å². The zero-order valence-electron chi connectivity index (χ0n) is 11.7. The van der Waals surface area contributed by atoms with Crippen LogP contribution < -0.4 is 0 Å². The lowest BCUT2D eigenvalue weighted by Gasteiger charge is -2.18. The first-order chi connectivity index (χ1) is 9.19. The number of hydrogen-bond acceptors (Lipinski definition) is 7. The Morgan fingerprint density at radius 1 is 1.45 bits per heavy atom. The third kappa shape index (κ3) is 5.35. The van der Waals surface area contributed by atoms with E-state index < -0.39 is 24.1 Å². The molecule has 0 unspecified atom stereocenters. The van der Waals surface area contributed by atoms with Gasteiger partial charge < -0.3 is 14.7 Å². The molecule has 0 aromatic carbocycles. The van der Waals surface area contributed by atoms with Crippen molar-refractivity contribution in [3.63, 3.8) is 0 Å². The zero-order valence-corrected chi connectivity index (χ0v) is 12.5. The van der Waals surface area contributed by atoms with Crippen molar-refractivity contribution in [1.82, 2.24) is 4.98 Å². The monoisotopic (exact) mass is 300 g/mol. The number of carbonyl (C=O) groups is 2. The number of aliphatic carboxylic acids is 1. The molecule has 110 valence electrons. The van der Waals surface area contributed by atoms with Crippen molar-refractivity contribution in [2.45, 2.75) is 33.3 Å². The number of carbonyl (C=O) groups excluding carboxylic acids is 1. The summed E-state index contributed by atoms with van der Waals surface area (Å²) in [5, 5.41) is 14.7. The van der Waals surface area contributed by atoms with Crippen LogP contribution in [0, 0.1) is 6.92 Å². The number of esters is 1. The maximum atomic E-state index is 11.4. The van der Waals surface area contributed by atoms with E-state index in [1.807, 2.05) is 0 Å². The maximum absolute atomic E-state index is 11.4. The van der Waals surface area contributed by atoms with Crippen LogP contribution in [0.15, 0.2) is 10.5 Å². The van der Waals surface area contributed by atoms with Crippen LogP contribution >= 0.6 is 11.3 Å². The first-order valence-corrected chi connectivity index (χ1v) is 6.64. The summed E-state index contributed by atoms with van der Waals surface area (Å²) in [6, 6.07) is 0. The van der Waals surface area contributed by atoms with E-state index in [0.717, 1.165) is 0 Å². The molecule has 0 aliphatic rings. The Hall–Kier alpha value is -1.96. The minimum absolute atomic E-state index is 0.198. The van der Waals surface area contributed by atoms with Crippen molar-refractivity contribution in [2.24, 2.45) is 5.16 Å². The molecule has 0 amide bonds. The second-order valence-corrected chi connectivity index (χ2v) is 5.92. The summed E-state index contributed by atoms with van der Waals surface area (Å²) in [6.07, 6.45) is 0. The fourth-order valence-electron chi connectivity index (χ4n) is 1.19. The van der Waals surface area contributed by atoms with E-state index in [-0.39, 0.29) is 11.4 Å². The van der Waals surface area contributed by atoms with Crippen molar-refractivity contribution < 1.29 is 24.3 Å². The van der Waals surface area contributed by atoms with Gasteiger partial charge >= 0.3 is 11.9 Å². The standard InChI is InChI=1S/C12H16N2O5S/c1-7-13-8(6-20-7)10(11(16)17)14-18-5-9(15)19-12(2,3)4/h6H,5H2,1-4H3,(H,16,17)/b14-10+. The van der Waals surface area contributed by atoms with E-state index in [2.05, 4.69) is 10.1 Å². The number of rotatable bonds is 5. The Labute approximate surface area is 120 Å². The Morgan fingerprint density at radius 3 is 2.55 bits per heavy atom. The van der Waals surface area contributed by atoms with Gasteiger partial charge in [-0.2, -0.15) is 0 Å². The molecule has 0 fully saturated rings. The number of hydrogen-bond donors (Lipinski definition) is 1. The SMILES string of the molecule is Cc1nc(/C(=N\OCC(=O)OC(C)(C)C)C(=O)O)cs1. The highest BCUT2D eigenvalue weighted by molar-refractivity contribution is 7.09. The molecule has 0 radical (unpaired) electrons. The first-order valence-electron chi connectivity index (χ1n) is 5.76. The molecule has 1 aromatic rings. The molecule has 0 aliphatic heterocycles. The van der Waals surface area contributed by atoms with E-state index in [9.17, 15) is 9.59 Å². The molecular weight excluding hydrogens is 284 g/mol. The van der Waals surface area contributed by atoms with Crippen LogP contribution in [0.5, 0.6) is 0 Å². The molecule has 1 aromatic heterocycles. The van der Waals surface area contributed by atoms with Gasteiger partial charge in [-0.05, 0) is 27.7 Å². The summed E-state index contributed by atoms with van der Waals surface area (Å²) in [4.78, 5) is 31.2. The number of ether oxygens (including phenoxy) is 1.